The van der Waals surface area contributed by atoms with Gasteiger partial charge < -0.3 is 9.32 Å². The number of hydrogen-bond acceptors (Lipinski definition) is 5. The van der Waals surface area contributed by atoms with Gasteiger partial charge in [-0.25, -0.2) is 4.68 Å². The second kappa shape index (κ2) is 6.23. The Balaban J connectivity index is 1.76. The summed E-state index contributed by atoms with van der Waals surface area (Å²) in [5.74, 6) is 0.115. The van der Waals surface area contributed by atoms with E-state index in [4.69, 9.17) is 4.42 Å². The van der Waals surface area contributed by atoms with E-state index in [1.54, 1.807) is 24.3 Å². The fourth-order valence-electron chi connectivity index (χ4n) is 2.83. The van der Waals surface area contributed by atoms with Crippen molar-refractivity contribution in [2.75, 3.05) is 11.9 Å². The molecule has 2 unspecified atom stereocenters. The maximum atomic E-state index is 12.6. The van der Waals surface area contributed by atoms with Crippen molar-refractivity contribution < 1.29 is 14.0 Å². The van der Waals surface area contributed by atoms with Crippen LogP contribution in [0, 0.1) is 5.92 Å². The molecule has 0 spiro atoms. The number of rotatable bonds is 2. The predicted molar refractivity (Wildman–Crippen MR) is 81.2 cm³/mol. The highest BCUT2D eigenvalue weighted by atomic mass is 16.3. The Labute approximate surface area is 133 Å². The lowest BCUT2D eigenvalue weighted by molar-refractivity contribution is -0.146. The van der Waals surface area contributed by atoms with E-state index in [9.17, 15) is 9.59 Å². The van der Waals surface area contributed by atoms with E-state index in [2.05, 4.69) is 22.3 Å². The van der Waals surface area contributed by atoms with Crippen LogP contribution < -0.4 is 5.32 Å². The van der Waals surface area contributed by atoms with Crippen molar-refractivity contribution >= 4 is 17.8 Å². The van der Waals surface area contributed by atoms with E-state index in [0.717, 1.165) is 12.8 Å². The molecule has 1 aliphatic rings. The van der Waals surface area contributed by atoms with Crippen LogP contribution in [0.2, 0.25) is 0 Å². The monoisotopic (exact) mass is 317 g/mol. The fraction of sp³-hybridized carbons (Fsp3) is 0.467. The zero-order valence-corrected chi connectivity index (χ0v) is 13.1. The molecule has 2 aromatic rings. The van der Waals surface area contributed by atoms with Gasteiger partial charge in [0.1, 0.15) is 12.1 Å². The van der Waals surface area contributed by atoms with Crippen LogP contribution in [0.3, 0.4) is 0 Å². The standard InChI is InChI=1S/C15H19N5O3/c1-10-5-6-20(11(8-10)12-4-3-7-23-12)14(22)13(21)18-15-16-9-17-19(15)2/h3-4,7,9-11H,5-6,8H2,1-2H3,(H,16,17,18,21). The summed E-state index contributed by atoms with van der Waals surface area (Å²) in [4.78, 5) is 30.3. The SMILES string of the molecule is CC1CCN(C(=O)C(=O)Nc2ncnn2C)C(c2ccco2)C1. The molecular formula is C15H19N5O3. The zero-order chi connectivity index (χ0) is 16.4. The first-order chi connectivity index (χ1) is 11.1. The molecule has 122 valence electrons. The number of nitrogens with one attached hydrogen (secondary N) is 1. The Morgan fingerprint density at radius 2 is 2.26 bits per heavy atom. The van der Waals surface area contributed by atoms with Crippen LogP contribution in [0.25, 0.3) is 0 Å². The van der Waals surface area contributed by atoms with E-state index in [-0.39, 0.29) is 12.0 Å². The first-order valence-electron chi connectivity index (χ1n) is 7.55. The second-order valence-corrected chi connectivity index (χ2v) is 5.82. The van der Waals surface area contributed by atoms with Gasteiger partial charge in [-0.3, -0.25) is 14.9 Å². The van der Waals surface area contributed by atoms with Crippen LogP contribution in [0.5, 0.6) is 0 Å². The number of hydrogen-bond donors (Lipinski definition) is 1. The zero-order valence-electron chi connectivity index (χ0n) is 13.1. The first-order valence-corrected chi connectivity index (χ1v) is 7.55. The molecule has 0 radical (unpaired) electrons. The van der Waals surface area contributed by atoms with Gasteiger partial charge in [0, 0.05) is 13.6 Å². The molecule has 0 aromatic carbocycles. The van der Waals surface area contributed by atoms with Crippen molar-refractivity contribution in [3.63, 3.8) is 0 Å². The number of amides is 2. The van der Waals surface area contributed by atoms with Crippen LogP contribution in [-0.4, -0.2) is 38.0 Å². The molecular weight excluding hydrogens is 298 g/mol. The number of piperidine rings is 1. The summed E-state index contributed by atoms with van der Waals surface area (Å²) < 4.78 is 6.85. The summed E-state index contributed by atoms with van der Waals surface area (Å²) in [6, 6.07) is 3.41. The largest absolute Gasteiger partial charge is 0.467 e. The molecule has 1 saturated heterocycles. The molecule has 1 N–H and O–H groups in total. The molecule has 3 rings (SSSR count). The summed E-state index contributed by atoms with van der Waals surface area (Å²) in [5, 5.41) is 6.35. The van der Waals surface area contributed by atoms with Crippen LogP contribution >= 0.6 is 0 Å². The Morgan fingerprint density at radius 1 is 1.43 bits per heavy atom. The van der Waals surface area contributed by atoms with Crippen molar-refractivity contribution in [3.8, 4) is 0 Å². The van der Waals surface area contributed by atoms with Gasteiger partial charge in [-0.15, -0.1) is 0 Å². The minimum Gasteiger partial charge on any atom is -0.467 e. The quantitative estimate of drug-likeness (QED) is 0.844. The fourth-order valence-corrected chi connectivity index (χ4v) is 2.83. The number of aromatic nitrogens is 3. The molecule has 3 heterocycles. The van der Waals surface area contributed by atoms with Gasteiger partial charge in [-0.2, -0.15) is 10.1 Å². The average Bonchev–Trinajstić information content (AvgIpc) is 3.19. The lowest BCUT2D eigenvalue weighted by atomic mass is 9.91. The Hall–Kier alpha value is -2.64. The van der Waals surface area contributed by atoms with Crippen LogP contribution in [0.15, 0.2) is 29.1 Å². The minimum atomic E-state index is -0.716. The van der Waals surface area contributed by atoms with Crippen molar-refractivity contribution in [1.29, 1.82) is 0 Å². The molecule has 0 bridgehead atoms. The highest BCUT2D eigenvalue weighted by Crippen LogP contribution is 2.34. The minimum absolute atomic E-state index is 0.216. The molecule has 2 amide bonds. The molecule has 1 aliphatic heterocycles. The van der Waals surface area contributed by atoms with Crippen LogP contribution in [0.1, 0.15) is 31.6 Å². The van der Waals surface area contributed by atoms with E-state index in [1.807, 2.05) is 6.07 Å². The van der Waals surface area contributed by atoms with Gasteiger partial charge in [0.15, 0.2) is 0 Å². The number of nitrogens with zero attached hydrogens (tertiary/aromatic N) is 4. The van der Waals surface area contributed by atoms with Crippen LogP contribution in [-0.2, 0) is 16.6 Å². The van der Waals surface area contributed by atoms with E-state index in [1.165, 1.54) is 11.0 Å². The maximum Gasteiger partial charge on any atom is 0.316 e. The van der Waals surface area contributed by atoms with Gasteiger partial charge in [0.05, 0.1) is 12.3 Å². The number of carbonyl (C=O) groups excluding carboxylic acids is 2. The van der Waals surface area contributed by atoms with E-state index in [0.29, 0.717) is 18.2 Å². The molecule has 8 nitrogen and oxygen atoms in total. The number of anilines is 1. The molecule has 23 heavy (non-hydrogen) atoms. The lowest BCUT2D eigenvalue weighted by Gasteiger charge is -2.36. The van der Waals surface area contributed by atoms with Crippen molar-refractivity contribution in [2.24, 2.45) is 13.0 Å². The summed E-state index contributed by atoms with van der Waals surface area (Å²) in [6.45, 7) is 2.66. The van der Waals surface area contributed by atoms with Gasteiger partial charge >= 0.3 is 11.8 Å². The summed E-state index contributed by atoms with van der Waals surface area (Å²) in [5.41, 5.74) is 0. The third kappa shape index (κ3) is 3.10. The van der Waals surface area contributed by atoms with Crippen LogP contribution in [0.4, 0.5) is 5.95 Å². The van der Waals surface area contributed by atoms with Gasteiger partial charge in [0.25, 0.3) is 0 Å². The Kier molecular flexibility index (Phi) is 4.14. The molecule has 1 fully saturated rings. The lowest BCUT2D eigenvalue weighted by Crippen LogP contribution is -2.45. The number of likely N-dealkylation sites (tertiary alicyclic amines) is 1. The summed E-state index contributed by atoms with van der Waals surface area (Å²) in [7, 11) is 1.64. The molecule has 2 atom stereocenters. The molecule has 8 heteroatoms. The highest BCUT2D eigenvalue weighted by Gasteiger charge is 2.35. The van der Waals surface area contributed by atoms with Gasteiger partial charge in [-0.1, -0.05) is 6.92 Å². The summed E-state index contributed by atoms with van der Waals surface area (Å²) in [6.07, 6.45) is 4.53. The number of carbonyl (C=O) groups is 2. The molecule has 0 aliphatic carbocycles. The second-order valence-electron chi connectivity index (χ2n) is 5.82. The van der Waals surface area contributed by atoms with E-state index >= 15 is 0 Å². The topological polar surface area (TPSA) is 93.3 Å². The normalized spacial score (nSPS) is 21.2. The van der Waals surface area contributed by atoms with E-state index < -0.39 is 11.8 Å². The number of furan rings is 1. The summed E-state index contributed by atoms with van der Waals surface area (Å²) >= 11 is 0. The smallest absolute Gasteiger partial charge is 0.316 e. The van der Waals surface area contributed by atoms with Crippen molar-refractivity contribution in [2.45, 2.75) is 25.8 Å². The van der Waals surface area contributed by atoms with Gasteiger partial charge in [-0.05, 0) is 30.9 Å². The highest BCUT2D eigenvalue weighted by molar-refractivity contribution is 6.39. The first kappa shape index (κ1) is 15.3. The molecule has 2 aromatic heterocycles. The maximum absolute atomic E-state index is 12.6. The average molecular weight is 317 g/mol. The third-order valence-corrected chi connectivity index (χ3v) is 4.13. The third-order valence-electron chi connectivity index (χ3n) is 4.13. The molecule has 0 saturated carbocycles. The predicted octanol–water partition coefficient (Wildman–Crippen LogP) is 1.35. The van der Waals surface area contributed by atoms with Crippen molar-refractivity contribution in [3.05, 3.63) is 30.5 Å². The Bertz CT molecular complexity index is 694. The number of aryl methyl sites for hydroxylation is 1. The Morgan fingerprint density at radius 3 is 2.91 bits per heavy atom. The van der Waals surface area contributed by atoms with Crippen molar-refractivity contribution in [1.82, 2.24) is 19.7 Å². The van der Waals surface area contributed by atoms with Gasteiger partial charge in [0.2, 0.25) is 5.95 Å².